The second-order valence-corrected chi connectivity index (χ2v) is 5.78. The summed E-state index contributed by atoms with van der Waals surface area (Å²) in [7, 11) is 0. The topological polar surface area (TPSA) is 35.0 Å². The molecule has 2 rings (SSSR count). The van der Waals surface area contributed by atoms with E-state index in [2.05, 4.69) is 26.1 Å². The number of hydrogen-bond acceptors (Lipinski definition) is 4. The van der Waals surface area contributed by atoms with Gasteiger partial charge in [-0.05, 0) is 41.9 Å². The second-order valence-electron chi connectivity index (χ2n) is 3.52. The number of benzene rings is 1. The first-order valence-electron chi connectivity index (χ1n) is 4.92. The molecule has 1 aromatic carbocycles. The van der Waals surface area contributed by atoms with Gasteiger partial charge in [0.1, 0.15) is 5.75 Å². The molecule has 0 saturated heterocycles. The van der Waals surface area contributed by atoms with E-state index < -0.39 is 0 Å². The SMILES string of the molecule is CC(C)Oc1ccccc1-c1nnc(Br)s1. The van der Waals surface area contributed by atoms with Crippen molar-refractivity contribution in [2.24, 2.45) is 0 Å². The van der Waals surface area contributed by atoms with Crippen LogP contribution in [0.3, 0.4) is 0 Å². The predicted molar refractivity (Wildman–Crippen MR) is 68.8 cm³/mol. The zero-order valence-corrected chi connectivity index (χ0v) is 11.4. The van der Waals surface area contributed by atoms with Crippen LogP contribution in [-0.4, -0.2) is 16.3 Å². The quantitative estimate of drug-likeness (QED) is 0.865. The first-order valence-corrected chi connectivity index (χ1v) is 6.53. The van der Waals surface area contributed by atoms with E-state index in [0.29, 0.717) is 0 Å². The first kappa shape index (κ1) is 11.5. The molecule has 0 bridgehead atoms. The Balaban J connectivity index is 2.40. The van der Waals surface area contributed by atoms with Crippen molar-refractivity contribution >= 4 is 27.3 Å². The molecule has 5 heteroatoms. The Morgan fingerprint density at radius 1 is 1.25 bits per heavy atom. The number of aromatic nitrogens is 2. The van der Waals surface area contributed by atoms with Gasteiger partial charge in [-0.3, -0.25) is 0 Å². The lowest BCUT2D eigenvalue weighted by Crippen LogP contribution is -2.06. The van der Waals surface area contributed by atoms with Crippen molar-refractivity contribution in [1.29, 1.82) is 0 Å². The number of hydrogen-bond donors (Lipinski definition) is 0. The molecule has 0 amide bonds. The van der Waals surface area contributed by atoms with E-state index in [4.69, 9.17) is 4.74 Å². The van der Waals surface area contributed by atoms with E-state index in [0.717, 1.165) is 20.2 Å². The first-order chi connectivity index (χ1) is 7.66. The van der Waals surface area contributed by atoms with Crippen LogP contribution >= 0.6 is 27.3 Å². The molecule has 0 fully saturated rings. The van der Waals surface area contributed by atoms with Crippen LogP contribution < -0.4 is 4.74 Å². The fourth-order valence-electron chi connectivity index (χ4n) is 1.31. The van der Waals surface area contributed by atoms with Crippen molar-refractivity contribution in [2.45, 2.75) is 20.0 Å². The Bertz CT molecular complexity index is 484. The maximum absolute atomic E-state index is 5.73. The molecule has 0 saturated carbocycles. The van der Waals surface area contributed by atoms with Gasteiger partial charge in [0.05, 0.1) is 11.7 Å². The average Bonchev–Trinajstić information content (AvgIpc) is 2.65. The normalized spacial score (nSPS) is 10.8. The van der Waals surface area contributed by atoms with Crippen molar-refractivity contribution in [3.8, 4) is 16.3 Å². The van der Waals surface area contributed by atoms with E-state index in [1.807, 2.05) is 38.1 Å². The fourth-order valence-corrected chi connectivity index (χ4v) is 2.45. The zero-order valence-electron chi connectivity index (χ0n) is 8.98. The van der Waals surface area contributed by atoms with Crippen LogP contribution in [-0.2, 0) is 0 Å². The Morgan fingerprint density at radius 2 is 2.00 bits per heavy atom. The van der Waals surface area contributed by atoms with Gasteiger partial charge in [0.2, 0.25) is 0 Å². The molecule has 1 aromatic heterocycles. The van der Waals surface area contributed by atoms with Crippen molar-refractivity contribution < 1.29 is 4.74 Å². The number of para-hydroxylation sites is 1. The highest BCUT2D eigenvalue weighted by atomic mass is 79.9. The molecule has 1 heterocycles. The molecule has 0 aliphatic heterocycles. The lowest BCUT2D eigenvalue weighted by atomic mass is 10.2. The summed E-state index contributed by atoms with van der Waals surface area (Å²) in [6.07, 6.45) is 0.150. The third-order valence-corrected chi connectivity index (χ3v) is 3.27. The van der Waals surface area contributed by atoms with Gasteiger partial charge >= 0.3 is 0 Å². The molecule has 0 unspecified atom stereocenters. The molecule has 3 nitrogen and oxygen atoms in total. The molecule has 0 radical (unpaired) electrons. The number of halogens is 1. The minimum atomic E-state index is 0.150. The van der Waals surface area contributed by atoms with Gasteiger partial charge in [0.15, 0.2) is 8.92 Å². The standard InChI is InChI=1S/C11H11BrN2OS/c1-7(2)15-9-6-4-3-5-8(9)10-13-14-11(12)16-10/h3-7H,1-2H3. The molecule has 0 spiro atoms. The van der Waals surface area contributed by atoms with E-state index in [-0.39, 0.29) is 6.10 Å². The lowest BCUT2D eigenvalue weighted by molar-refractivity contribution is 0.243. The van der Waals surface area contributed by atoms with Crippen LogP contribution in [0, 0.1) is 0 Å². The van der Waals surface area contributed by atoms with Gasteiger partial charge in [0, 0.05) is 0 Å². The van der Waals surface area contributed by atoms with Crippen LogP contribution in [0.2, 0.25) is 0 Å². The van der Waals surface area contributed by atoms with E-state index in [1.165, 1.54) is 11.3 Å². The Hall–Kier alpha value is -0.940. The van der Waals surface area contributed by atoms with Crippen LogP contribution in [0.5, 0.6) is 5.75 Å². The minimum Gasteiger partial charge on any atom is -0.490 e. The molecule has 84 valence electrons. The maximum atomic E-state index is 5.73. The molecular weight excluding hydrogens is 288 g/mol. The van der Waals surface area contributed by atoms with Gasteiger partial charge < -0.3 is 4.74 Å². The summed E-state index contributed by atoms with van der Waals surface area (Å²) >= 11 is 4.81. The number of ether oxygens (including phenoxy) is 1. The summed E-state index contributed by atoms with van der Waals surface area (Å²) in [5.74, 6) is 0.848. The Kier molecular flexibility index (Phi) is 3.56. The molecular formula is C11H11BrN2OS. The Morgan fingerprint density at radius 3 is 2.62 bits per heavy atom. The molecule has 0 aliphatic carbocycles. The van der Waals surface area contributed by atoms with E-state index >= 15 is 0 Å². The van der Waals surface area contributed by atoms with Crippen LogP contribution in [0.1, 0.15) is 13.8 Å². The van der Waals surface area contributed by atoms with Gasteiger partial charge in [-0.25, -0.2) is 0 Å². The van der Waals surface area contributed by atoms with E-state index in [1.54, 1.807) is 0 Å². The summed E-state index contributed by atoms with van der Waals surface area (Å²) < 4.78 is 6.51. The highest BCUT2D eigenvalue weighted by Gasteiger charge is 2.11. The summed E-state index contributed by atoms with van der Waals surface area (Å²) in [5, 5.41) is 8.90. The van der Waals surface area contributed by atoms with Crippen LogP contribution in [0.25, 0.3) is 10.6 Å². The largest absolute Gasteiger partial charge is 0.490 e. The number of rotatable bonds is 3. The highest BCUT2D eigenvalue weighted by molar-refractivity contribution is 9.11. The van der Waals surface area contributed by atoms with E-state index in [9.17, 15) is 0 Å². The molecule has 2 aromatic rings. The smallest absolute Gasteiger partial charge is 0.183 e. The zero-order chi connectivity index (χ0) is 11.5. The highest BCUT2D eigenvalue weighted by Crippen LogP contribution is 2.33. The fraction of sp³-hybridized carbons (Fsp3) is 0.273. The summed E-state index contributed by atoms with van der Waals surface area (Å²) in [5.41, 5.74) is 0.986. The molecule has 0 aliphatic rings. The number of nitrogens with zero attached hydrogens (tertiary/aromatic N) is 2. The summed E-state index contributed by atoms with van der Waals surface area (Å²) in [6.45, 7) is 4.01. The average molecular weight is 299 g/mol. The van der Waals surface area contributed by atoms with Gasteiger partial charge in [0.25, 0.3) is 0 Å². The molecule has 0 N–H and O–H groups in total. The summed E-state index contributed by atoms with van der Waals surface area (Å²) in [6, 6.07) is 7.87. The van der Waals surface area contributed by atoms with Crippen molar-refractivity contribution in [2.75, 3.05) is 0 Å². The summed E-state index contributed by atoms with van der Waals surface area (Å²) in [4.78, 5) is 0. The maximum Gasteiger partial charge on any atom is 0.183 e. The van der Waals surface area contributed by atoms with Gasteiger partial charge in [-0.1, -0.05) is 23.5 Å². The predicted octanol–water partition coefficient (Wildman–Crippen LogP) is 3.75. The third kappa shape index (κ3) is 2.59. The van der Waals surface area contributed by atoms with Gasteiger partial charge in [-0.15, -0.1) is 10.2 Å². The monoisotopic (exact) mass is 298 g/mol. The molecule has 0 atom stereocenters. The lowest BCUT2D eigenvalue weighted by Gasteiger charge is -2.12. The van der Waals surface area contributed by atoms with Crippen molar-refractivity contribution in [3.63, 3.8) is 0 Å². The van der Waals surface area contributed by atoms with Gasteiger partial charge in [-0.2, -0.15) is 0 Å². The molecule has 16 heavy (non-hydrogen) atoms. The third-order valence-electron chi connectivity index (χ3n) is 1.88. The van der Waals surface area contributed by atoms with Crippen LogP contribution in [0.15, 0.2) is 28.2 Å². The van der Waals surface area contributed by atoms with Crippen molar-refractivity contribution in [3.05, 3.63) is 28.2 Å². The van der Waals surface area contributed by atoms with Crippen molar-refractivity contribution in [1.82, 2.24) is 10.2 Å². The second kappa shape index (κ2) is 4.93. The minimum absolute atomic E-state index is 0.150. The Labute approximate surface area is 107 Å². The van der Waals surface area contributed by atoms with Crippen LogP contribution in [0.4, 0.5) is 0 Å².